The molecular weight excluding hydrogens is 416 g/mol. The molecule has 0 atom stereocenters. The number of rotatable bonds is 9. The van der Waals surface area contributed by atoms with Crippen molar-refractivity contribution in [1.29, 1.82) is 0 Å². The molecule has 1 saturated heterocycles. The number of urea groups is 1. The topological polar surface area (TPSA) is 82.7 Å². The molecule has 3 rings (SSSR count). The van der Waals surface area contributed by atoms with Crippen LogP contribution < -0.4 is 20.9 Å². The van der Waals surface area contributed by atoms with Crippen molar-refractivity contribution in [2.75, 3.05) is 48.4 Å². The van der Waals surface area contributed by atoms with Gasteiger partial charge in [-0.05, 0) is 68.9 Å². The molecular formula is C26H36N4O3. The molecule has 2 aromatic rings. The van der Waals surface area contributed by atoms with Crippen molar-refractivity contribution >= 4 is 29.0 Å². The molecule has 3 N–H and O–H groups in total. The Bertz CT molecular complexity index is 939. The molecule has 1 fully saturated rings. The molecule has 0 bridgehead atoms. The number of piperidine rings is 1. The van der Waals surface area contributed by atoms with Crippen molar-refractivity contribution in [2.24, 2.45) is 5.92 Å². The number of aryl methyl sites for hydroxylation is 1. The number of anilines is 3. The van der Waals surface area contributed by atoms with Crippen LogP contribution in [0, 0.1) is 12.8 Å². The number of carbonyl (C=O) groups excluding carboxylic acids is 2. The van der Waals surface area contributed by atoms with Gasteiger partial charge in [-0.15, -0.1) is 0 Å². The van der Waals surface area contributed by atoms with E-state index in [1.165, 1.54) is 0 Å². The average Bonchev–Trinajstić information content (AvgIpc) is 2.81. The van der Waals surface area contributed by atoms with Crippen LogP contribution in [-0.4, -0.2) is 44.8 Å². The largest absolute Gasteiger partial charge is 0.382 e. The Labute approximate surface area is 196 Å². The lowest BCUT2D eigenvalue weighted by Crippen LogP contribution is -2.35. The second-order valence-electron chi connectivity index (χ2n) is 8.60. The summed E-state index contributed by atoms with van der Waals surface area (Å²) in [4.78, 5) is 27.9. The predicted octanol–water partition coefficient (Wildman–Crippen LogP) is 5.03. The summed E-state index contributed by atoms with van der Waals surface area (Å²) < 4.78 is 5.36. The van der Waals surface area contributed by atoms with Gasteiger partial charge < -0.3 is 25.6 Å². The monoisotopic (exact) mass is 452 g/mol. The lowest BCUT2D eigenvalue weighted by atomic mass is 9.98. The van der Waals surface area contributed by atoms with Gasteiger partial charge in [-0.3, -0.25) is 4.79 Å². The first-order valence-electron chi connectivity index (χ1n) is 11.9. The number of amides is 3. The molecule has 0 spiro atoms. The maximum Gasteiger partial charge on any atom is 0.323 e. The van der Waals surface area contributed by atoms with Crippen molar-refractivity contribution in [3.8, 4) is 0 Å². The summed E-state index contributed by atoms with van der Waals surface area (Å²) in [5, 5.41) is 8.73. The smallest absolute Gasteiger partial charge is 0.323 e. The fraction of sp³-hybridized carbons (Fsp3) is 0.462. The van der Waals surface area contributed by atoms with Crippen molar-refractivity contribution in [3.05, 3.63) is 53.6 Å². The zero-order valence-corrected chi connectivity index (χ0v) is 19.9. The SMILES string of the molecule is CCOCCCNC(=O)c1cc(NC(=O)Nc2ccccc2C)ccc1N1CCC(C)CC1. The quantitative estimate of drug-likeness (QED) is 0.466. The van der Waals surface area contributed by atoms with Gasteiger partial charge >= 0.3 is 6.03 Å². The number of nitrogens with zero attached hydrogens (tertiary/aromatic N) is 1. The van der Waals surface area contributed by atoms with Crippen molar-refractivity contribution in [2.45, 2.75) is 40.0 Å². The van der Waals surface area contributed by atoms with E-state index < -0.39 is 0 Å². The minimum absolute atomic E-state index is 0.136. The highest BCUT2D eigenvalue weighted by molar-refractivity contribution is 6.04. The first kappa shape index (κ1) is 24.6. The summed E-state index contributed by atoms with van der Waals surface area (Å²) >= 11 is 0. The molecule has 1 heterocycles. The average molecular weight is 453 g/mol. The molecule has 3 amide bonds. The summed E-state index contributed by atoms with van der Waals surface area (Å²) in [5.41, 5.74) is 3.80. The molecule has 33 heavy (non-hydrogen) atoms. The van der Waals surface area contributed by atoms with E-state index in [1.807, 2.05) is 50.2 Å². The Kier molecular flexibility index (Phi) is 9.13. The van der Waals surface area contributed by atoms with Crippen molar-refractivity contribution in [3.63, 3.8) is 0 Å². The number of nitrogens with one attached hydrogen (secondary N) is 3. The summed E-state index contributed by atoms with van der Waals surface area (Å²) in [6.07, 6.45) is 2.97. The minimum atomic E-state index is -0.341. The summed E-state index contributed by atoms with van der Waals surface area (Å²) in [6, 6.07) is 12.8. The maximum atomic E-state index is 13.1. The normalized spacial score (nSPS) is 14.1. The Morgan fingerprint density at radius 3 is 2.58 bits per heavy atom. The summed E-state index contributed by atoms with van der Waals surface area (Å²) in [5.74, 6) is 0.561. The fourth-order valence-electron chi connectivity index (χ4n) is 3.93. The molecule has 0 aliphatic carbocycles. The zero-order valence-electron chi connectivity index (χ0n) is 19.9. The predicted molar refractivity (Wildman–Crippen MR) is 134 cm³/mol. The molecule has 1 aliphatic heterocycles. The molecule has 0 aromatic heterocycles. The van der Waals surface area contributed by atoms with Crippen molar-refractivity contribution < 1.29 is 14.3 Å². The third kappa shape index (κ3) is 7.22. The number of hydrogen-bond donors (Lipinski definition) is 3. The van der Waals surface area contributed by atoms with E-state index in [0.29, 0.717) is 36.9 Å². The van der Waals surface area contributed by atoms with E-state index in [9.17, 15) is 9.59 Å². The van der Waals surface area contributed by atoms with Crippen LogP contribution in [0.3, 0.4) is 0 Å². The van der Waals surface area contributed by atoms with Crippen LogP contribution in [0.5, 0.6) is 0 Å². The third-order valence-corrected chi connectivity index (χ3v) is 5.97. The third-order valence-electron chi connectivity index (χ3n) is 5.97. The highest BCUT2D eigenvalue weighted by atomic mass is 16.5. The van der Waals surface area contributed by atoms with Crippen LogP contribution in [0.4, 0.5) is 21.9 Å². The van der Waals surface area contributed by atoms with Gasteiger partial charge in [-0.1, -0.05) is 25.1 Å². The van der Waals surface area contributed by atoms with E-state index in [2.05, 4.69) is 27.8 Å². The van der Waals surface area contributed by atoms with Crippen molar-refractivity contribution in [1.82, 2.24) is 5.32 Å². The van der Waals surface area contributed by atoms with E-state index in [1.54, 1.807) is 6.07 Å². The second kappa shape index (κ2) is 12.3. The van der Waals surface area contributed by atoms with E-state index in [0.717, 1.165) is 49.3 Å². The van der Waals surface area contributed by atoms with Gasteiger partial charge in [0.1, 0.15) is 0 Å². The first-order chi connectivity index (χ1) is 16.0. The van der Waals surface area contributed by atoms with Gasteiger partial charge in [0.15, 0.2) is 0 Å². The molecule has 7 nitrogen and oxygen atoms in total. The number of carbonyl (C=O) groups is 2. The minimum Gasteiger partial charge on any atom is -0.382 e. The van der Waals surface area contributed by atoms with E-state index in [-0.39, 0.29) is 11.9 Å². The molecule has 7 heteroatoms. The van der Waals surface area contributed by atoms with Crippen LogP contribution in [0.2, 0.25) is 0 Å². The lowest BCUT2D eigenvalue weighted by molar-refractivity contribution is 0.0944. The van der Waals surface area contributed by atoms with Crippen LogP contribution in [0.15, 0.2) is 42.5 Å². The van der Waals surface area contributed by atoms with E-state index in [4.69, 9.17) is 4.74 Å². The van der Waals surface area contributed by atoms with Gasteiger partial charge in [0.05, 0.1) is 5.56 Å². The Balaban J connectivity index is 1.73. The molecule has 0 saturated carbocycles. The number of hydrogen-bond acceptors (Lipinski definition) is 4. The number of para-hydroxylation sites is 1. The summed E-state index contributed by atoms with van der Waals surface area (Å²) in [6.45, 7) is 9.84. The van der Waals surface area contributed by atoms with Crippen LogP contribution in [0.1, 0.15) is 49.0 Å². The number of ether oxygens (including phenoxy) is 1. The molecule has 0 unspecified atom stereocenters. The Morgan fingerprint density at radius 2 is 1.85 bits per heavy atom. The Morgan fingerprint density at radius 1 is 1.09 bits per heavy atom. The highest BCUT2D eigenvalue weighted by Gasteiger charge is 2.22. The van der Waals surface area contributed by atoms with Gasteiger partial charge in [-0.2, -0.15) is 0 Å². The zero-order chi connectivity index (χ0) is 23.6. The number of benzene rings is 2. The standard InChI is InChI=1S/C26H36N4O3/c1-4-33-17-7-14-27-25(31)22-18-21(10-11-24(22)30-15-12-19(2)13-16-30)28-26(32)29-23-9-6-5-8-20(23)3/h5-6,8-11,18-19H,4,7,12-17H2,1-3H3,(H,27,31)(H2,28,29,32). The van der Waals surface area contributed by atoms with Gasteiger partial charge in [0.2, 0.25) is 0 Å². The Hall–Kier alpha value is -3.06. The molecule has 1 aliphatic rings. The first-order valence-corrected chi connectivity index (χ1v) is 11.9. The van der Waals surface area contributed by atoms with Gasteiger partial charge in [-0.25, -0.2) is 4.79 Å². The molecule has 0 radical (unpaired) electrons. The lowest BCUT2D eigenvalue weighted by Gasteiger charge is -2.33. The van der Waals surface area contributed by atoms with Gasteiger partial charge in [0.25, 0.3) is 5.91 Å². The van der Waals surface area contributed by atoms with E-state index >= 15 is 0 Å². The highest BCUT2D eigenvalue weighted by Crippen LogP contribution is 2.29. The van der Waals surface area contributed by atoms with Crippen LogP contribution in [0.25, 0.3) is 0 Å². The maximum absolute atomic E-state index is 13.1. The van der Waals surface area contributed by atoms with Crippen LogP contribution in [-0.2, 0) is 4.74 Å². The fourth-order valence-corrected chi connectivity index (χ4v) is 3.93. The summed E-state index contributed by atoms with van der Waals surface area (Å²) in [7, 11) is 0. The molecule has 2 aromatic carbocycles. The molecule has 178 valence electrons. The van der Waals surface area contributed by atoms with Gasteiger partial charge in [0, 0.05) is 49.9 Å². The second-order valence-corrected chi connectivity index (χ2v) is 8.60. The van der Waals surface area contributed by atoms with Crippen LogP contribution >= 0.6 is 0 Å².